The second-order valence-electron chi connectivity index (χ2n) is 4.97. The molecular weight excluding hydrogens is 250 g/mol. The first kappa shape index (κ1) is 12.9. The third kappa shape index (κ3) is 2.73. The van der Waals surface area contributed by atoms with Gasteiger partial charge in [-0.3, -0.25) is 0 Å². The molecule has 2 atom stereocenters. The summed E-state index contributed by atoms with van der Waals surface area (Å²) < 4.78 is 5.64. The van der Waals surface area contributed by atoms with Crippen molar-refractivity contribution >= 4 is 16.7 Å². The van der Waals surface area contributed by atoms with Gasteiger partial charge in [-0.25, -0.2) is 9.97 Å². The molecule has 1 N–H and O–H groups in total. The van der Waals surface area contributed by atoms with Crippen LogP contribution in [-0.2, 0) is 4.74 Å². The molecule has 2 aromatic rings. The lowest BCUT2D eigenvalue weighted by atomic mass is 10.1. The minimum atomic E-state index is -0.0728. The molecule has 4 nitrogen and oxygen atoms in total. The van der Waals surface area contributed by atoms with Gasteiger partial charge in [-0.05, 0) is 25.0 Å². The van der Waals surface area contributed by atoms with Crippen molar-refractivity contribution in [1.82, 2.24) is 9.97 Å². The fourth-order valence-electron chi connectivity index (χ4n) is 2.55. The second-order valence-corrected chi connectivity index (χ2v) is 4.97. The van der Waals surface area contributed by atoms with Crippen LogP contribution in [0, 0.1) is 12.3 Å². The maximum Gasteiger partial charge on any atom is 0.138 e. The standard InChI is InChI=1S/C16H17N3O/c1-2-12(10-13-6-5-9-20-13)19-16-14-7-3-4-8-15(14)17-11-18-16/h1,3-4,7-8,11-13H,5-6,9-10H2,(H,17,18,19). The molecule has 0 amide bonds. The second kappa shape index (κ2) is 5.89. The summed E-state index contributed by atoms with van der Waals surface area (Å²) >= 11 is 0. The normalized spacial score (nSPS) is 19.6. The van der Waals surface area contributed by atoms with Gasteiger partial charge in [-0.15, -0.1) is 6.42 Å². The third-order valence-corrected chi connectivity index (χ3v) is 3.58. The Morgan fingerprint density at radius 3 is 3.10 bits per heavy atom. The van der Waals surface area contributed by atoms with Crippen molar-refractivity contribution < 1.29 is 4.74 Å². The highest BCUT2D eigenvalue weighted by Crippen LogP contribution is 2.22. The van der Waals surface area contributed by atoms with E-state index in [-0.39, 0.29) is 12.1 Å². The van der Waals surface area contributed by atoms with Crippen LogP contribution in [0.5, 0.6) is 0 Å². The molecule has 2 unspecified atom stereocenters. The van der Waals surface area contributed by atoms with Crippen molar-refractivity contribution in [1.29, 1.82) is 0 Å². The van der Waals surface area contributed by atoms with Crippen LogP contribution in [0.4, 0.5) is 5.82 Å². The molecule has 0 saturated carbocycles. The van der Waals surface area contributed by atoms with Crippen LogP contribution in [0.25, 0.3) is 10.9 Å². The van der Waals surface area contributed by atoms with Crippen molar-refractivity contribution in [3.63, 3.8) is 0 Å². The van der Waals surface area contributed by atoms with E-state index < -0.39 is 0 Å². The highest BCUT2D eigenvalue weighted by atomic mass is 16.5. The zero-order valence-corrected chi connectivity index (χ0v) is 11.2. The molecule has 102 valence electrons. The fourth-order valence-corrected chi connectivity index (χ4v) is 2.55. The number of hydrogen-bond donors (Lipinski definition) is 1. The fraction of sp³-hybridized carbons (Fsp3) is 0.375. The van der Waals surface area contributed by atoms with Crippen LogP contribution in [-0.4, -0.2) is 28.7 Å². The highest BCUT2D eigenvalue weighted by molar-refractivity contribution is 5.88. The SMILES string of the molecule is C#CC(CC1CCCO1)Nc1ncnc2ccccc12. The molecule has 1 aliphatic rings. The number of aromatic nitrogens is 2. The molecule has 1 aromatic heterocycles. The predicted molar refractivity (Wildman–Crippen MR) is 79.4 cm³/mol. The summed E-state index contributed by atoms with van der Waals surface area (Å²) in [5.74, 6) is 3.58. The van der Waals surface area contributed by atoms with Crippen molar-refractivity contribution in [2.45, 2.75) is 31.4 Å². The number of benzene rings is 1. The summed E-state index contributed by atoms with van der Waals surface area (Å²) in [6.07, 6.45) is 10.5. The molecule has 1 saturated heterocycles. The Bertz CT molecular complexity index is 624. The molecule has 1 fully saturated rings. The van der Waals surface area contributed by atoms with Crippen molar-refractivity contribution in [3.05, 3.63) is 30.6 Å². The van der Waals surface area contributed by atoms with Crippen molar-refractivity contribution in [2.75, 3.05) is 11.9 Å². The quantitative estimate of drug-likeness (QED) is 0.865. The number of ether oxygens (including phenoxy) is 1. The van der Waals surface area contributed by atoms with E-state index in [1.165, 1.54) is 0 Å². The number of hydrogen-bond acceptors (Lipinski definition) is 4. The van der Waals surface area contributed by atoms with E-state index >= 15 is 0 Å². The maximum absolute atomic E-state index is 5.64. The number of rotatable bonds is 4. The van der Waals surface area contributed by atoms with E-state index in [4.69, 9.17) is 11.2 Å². The molecule has 1 aromatic carbocycles. The van der Waals surface area contributed by atoms with Gasteiger partial charge in [0.2, 0.25) is 0 Å². The molecule has 0 radical (unpaired) electrons. The lowest BCUT2D eigenvalue weighted by Crippen LogP contribution is -2.24. The summed E-state index contributed by atoms with van der Waals surface area (Å²) in [6.45, 7) is 0.846. The smallest absolute Gasteiger partial charge is 0.138 e. The molecule has 0 bridgehead atoms. The summed E-state index contributed by atoms with van der Waals surface area (Å²) in [7, 11) is 0. The Morgan fingerprint density at radius 2 is 2.30 bits per heavy atom. The molecule has 1 aliphatic heterocycles. The first-order valence-electron chi connectivity index (χ1n) is 6.91. The summed E-state index contributed by atoms with van der Waals surface area (Å²) in [5.41, 5.74) is 0.915. The van der Waals surface area contributed by atoms with Gasteiger partial charge >= 0.3 is 0 Å². The maximum atomic E-state index is 5.64. The average Bonchev–Trinajstić information content (AvgIpc) is 3.00. The van der Waals surface area contributed by atoms with Gasteiger partial charge in [0.15, 0.2) is 0 Å². The summed E-state index contributed by atoms with van der Waals surface area (Å²) in [4.78, 5) is 8.56. The molecular formula is C16H17N3O. The van der Waals surface area contributed by atoms with Crippen LogP contribution in [0.2, 0.25) is 0 Å². The summed E-state index contributed by atoms with van der Waals surface area (Å²) in [5, 5.41) is 4.32. The first-order chi connectivity index (χ1) is 9.86. The van der Waals surface area contributed by atoms with Gasteiger partial charge in [0.05, 0.1) is 17.7 Å². The largest absolute Gasteiger partial charge is 0.378 e. The zero-order chi connectivity index (χ0) is 13.8. The van der Waals surface area contributed by atoms with Crippen molar-refractivity contribution in [3.8, 4) is 12.3 Å². The van der Waals surface area contributed by atoms with E-state index in [0.29, 0.717) is 0 Å². The lowest BCUT2D eigenvalue weighted by Gasteiger charge is -2.18. The van der Waals surface area contributed by atoms with Gasteiger partial charge in [-0.2, -0.15) is 0 Å². The van der Waals surface area contributed by atoms with Gasteiger partial charge in [-0.1, -0.05) is 18.1 Å². The summed E-state index contributed by atoms with van der Waals surface area (Å²) in [6, 6.07) is 7.83. The minimum Gasteiger partial charge on any atom is -0.378 e. The van der Waals surface area contributed by atoms with Crippen LogP contribution >= 0.6 is 0 Å². The van der Waals surface area contributed by atoms with Gasteiger partial charge in [0.25, 0.3) is 0 Å². The molecule has 3 rings (SSSR count). The third-order valence-electron chi connectivity index (χ3n) is 3.58. The van der Waals surface area contributed by atoms with E-state index in [0.717, 1.165) is 42.6 Å². The molecule has 0 spiro atoms. The number of fused-ring (bicyclic) bond motifs is 1. The molecule has 4 heteroatoms. The van der Waals surface area contributed by atoms with Crippen molar-refractivity contribution in [2.24, 2.45) is 0 Å². The number of anilines is 1. The Balaban J connectivity index is 1.78. The van der Waals surface area contributed by atoms with Gasteiger partial charge < -0.3 is 10.1 Å². The first-order valence-corrected chi connectivity index (χ1v) is 6.91. The monoisotopic (exact) mass is 267 g/mol. The highest BCUT2D eigenvalue weighted by Gasteiger charge is 2.20. The number of nitrogens with zero attached hydrogens (tertiary/aromatic N) is 2. The predicted octanol–water partition coefficient (Wildman–Crippen LogP) is 2.61. The molecule has 2 heterocycles. The average molecular weight is 267 g/mol. The van der Waals surface area contributed by atoms with Gasteiger partial charge in [0, 0.05) is 18.4 Å². The van der Waals surface area contributed by atoms with E-state index in [2.05, 4.69) is 21.2 Å². The Morgan fingerprint density at radius 1 is 1.40 bits per heavy atom. The molecule has 0 aliphatic carbocycles. The van der Waals surface area contributed by atoms with E-state index in [9.17, 15) is 0 Å². The topological polar surface area (TPSA) is 47.0 Å². The number of terminal acetylenes is 1. The molecule has 20 heavy (non-hydrogen) atoms. The zero-order valence-electron chi connectivity index (χ0n) is 11.2. The Hall–Kier alpha value is -2.12. The number of nitrogens with one attached hydrogen (secondary N) is 1. The Kier molecular flexibility index (Phi) is 3.80. The van der Waals surface area contributed by atoms with E-state index in [1.54, 1.807) is 6.33 Å². The minimum absolute atomic E-state index is 0.0728. The number of para-hydroxylation sites is 1. The van der Waals surface area contributed by atoms with Gasteiger partial charge in [0.1, 0.15) is 12.1 Å². The van der Waals surface area contributed by atoms with Crippen LogP contribution in [0.1, 0.15) is 19.3 Å². The van der Waals surface area contributed by atoms with Crippen LogP contribution in [0.15, 0.2) is 30.6 Å². The lowest BCUT2D eigenvalue weighted by molar-refractivity contribution is 0.103. The van der Waals surface area contributed by atoms with E-state index in [1.807, 2.05) is 24.3 Å². The Labute approximate surface area is 118 Å². The van der Waals surface area contributed by atoms with Crippen LogP contribution in [0.3, 0.4) is 0 Å². The van der Waals surface area contributed by atoms with Crippen LogP contribution < -0.4 is 5.32 Å².